The van der Waals surface area contributed by atoms with E-state index < -0.39 is 33.3 Å². The first-order valence-electron chi connectivity index (χ1n) is 6.03. The van der Waals surface area contributed by atoms with Crippen LogP contribution in [0.5, 0.6) is 0 Å². The summed E-state index contributed by atoms with van der Waals surface area (Å²) in [7, 11) is 1.27. The van der Waals surface area contributed by atoms with Gasteiger partial charge in [0.15, 0.2) is 5.76 Å². The fraction of sp³-hybridized carbons (Fsp3) is 0.286. The van der Waals surface area contributed by atoms with Crippen molar-refractivity contribution >= 4 is 28.8 Å². The Labute approximate surface area is 131 Å². The number of benzene rings is 1. The molecular formula is C14H13ClN2O5. The molecule has 0 heterocycles. The minimum atomic E-state index is -1.36. The lowest BCUT2D eigenvalue weighted by atomic mass is 9.94. The Hall–Kier alpha value is -2.43. The number of hydrogen-bond acceptors (Lipinski definition) is 6. The molecule has 8 heteroatoms. The van der Waals surface area contributed by atoms with E-state index >= 15 is 0 Å². The largest absolute Gasteiger partial charge is 0.506 e. The summed E-state index contributed by atoms with van der Waals surface area (Å²) in [6, 6.07) is 5.06. The van der Waals surface area contributed by atoms with Gasteiger partial charge in [-0.2, -0.15) is 5.26 Å². The molecule has 0 spiro atoms. The molecular weight excluding hydrogens is 312 g/mol. The molecule has 1 rings (SSSR count). The van der Waals surface area contributed by atoms with Gasteiger partial charge < -0.3 is 9.84 Å². The van der Waals surface area contributed by atoms with Crippen LogP contribution in [0.4, 0.5) is 5.69 Å². The van der Waals surface area contributed by atoms with E-state index in [1.165, 1.54) is 33.1 Å². The van der Waals surface area contributed by atoms with Crippen LogP contribution in [0, 0.1) is 21.4 Å². The summed E-state index contributed by atoms with van der Waals surface area (Å²) in [5.74, 6) is -1.58. The van der Waals surface area contributed by atoms with Gasteiger partial charge in [0.2, 0.25) is 5.78 Å². The molecule has 0 unspecified atom stereocenters. The number of methoxy groups -OCH3 is 1. The van der Waals surface area contributed by atoms with Crippen molar-refractivity contribution in [3.05, 3.63) is 44.5 Å². The molecule has 7 nitrogen and oxygen atoms in total. The highest BCUT2D eigenvalue weighted by Crippen LogP contribution is 2.30. The smallest absolute Gasteiger partial charge is 0.281 e. The van der Waals surface area contributed by atoms with E-state index in [1.807, 2.05) is 0 Å². The molecule has 0 bridgehead atoms. The van der Waals surface area contributed by atoms with Gasteiger partial charge in [-0.05, 0) is 26.0 Å². The second-order valence-corrected chi connectivity index (χ2v) is 5.23. The molecule has 0 saturated heterocycles. The Morgan fingerprint density at radius 2 is 2.09 bits per heavy atom. The maximum Gasteiger partial charge on any atom is 0.281 e. The van der Waals surface area contributed by atoms with E-state index in [0.717, 1.165) is 6.07 Å². The molecule has 0 aliphatic carbocycles. The Morgan fingerprint density at radius 1 is 1.50 bits per heavy atom. The average Bonchev–Trinajstić information content (AvgIpc) is 2.47. The number of aliphatic hydroxyl groups excluding tert-OH is 1. The van der Waals surface area contributed by atoms with Crippen molar-refractivity contribution < 1.29 is 19.6 Å². The van der Waals surface area contributed by atoms with Crippen LogP contribution >= 0.6 is 11.6 Å². The molecule has 1 aromatic rings. The molecule has 116 valence electrons. The third-order valence-electron chi connectivity index (χ3n) is 3.04. The number of hydrogen-bond donors (Lipinski definition) is 1. The fourth-order valence-corrected chi connectivity index (χ4v) is 1.76. The van der Waals surface area contributed by atoms with Crippen LogP contribution in [0.3, 0.4) is 0 Å². The van der Waals surface area contributed by atoms with Gasteiger partial charge in [-0.15, -0.1) is 0 Å². The van der Waals surface area contributed by atoms with Crippen molar-refractivity contribution in [2.24, 2.45) is 0 Å². The standard InChI is InChI=1S/C14H13ClN2O5/c1-14(2,22-3)13(19)10(7-16)12(18)9-5-4-8(15)6-11(9)17(20)21/h4-6,18H,1-3H3/b12-10-. The van der Waals surface area contributed by atoms with E-state index in [0.29, 0.717) is 0 Å². The van der Waals surface area contributed by atoms with Crippen LogP contribution in [0.2, 0.25) is 5.02 Å². The van der Waals surface area contributed by atoms with Gasteiger partial charge >= 0.3 is 0 Å². The molecule has 0 aromatic heterocycles. The minimum Gasteiger partial charge on any atom is -0.506 e. The van der Waals surface area contributed by atoms with Gasteiger partial charge in [0.1, 0.15) is 17.2 Å². The predicted octanol–water partition coefficient (Wildman–Crippen LogP) is 3.03. The van der Waals surface area contributed by atoms with Gasteiger partial charge in [-0.25, -0.2) is 0 Å². The summed E-state index contributed by atoms with van der Waals surface area (Å²) >= 11 is 5.68. The third kappa shape index (κ3) is 3.42. The van der Waals surface area contributed by atoms with Gasteiger partial charge in [-0.3, -0.25) is 14.9 Å². The third-order valence-corrected chi connectivity index (χ3v) is 3.28. The summed E-state index contributed by atoms with van der Waals surface area (Å²) in [5.41, 5.74) is -2.77. The zero-order valence-corrected chi connectivity index (χ0v) is 12.8. The van der Waals surface area contributed by atoms with Crippen molar-refractivity contribution in [2.45, 2.75) is 19.4 Å². The van der Waals surface area contributed by atoms with Crippen LogP contribution in [0.15, 0.2) is 23.8 Å². The van der Waals surface area contributed by atoms with Crippen molar-refractivity contribution in [3.63, 3.8) is 0 Å². The Bertz CT molecular complexity index is 704. The molecule has 0 saturated carbocycles. The molecule has 0 aliphatic heterocycles. The molecule has 0 fully saturated rings. The highest BCUT2D eigenvalue weighted by atomic mass is 35.5. The van der Waals surface area contributed by atoms with E-state index in [1.54, 1.807) is 6.07 Å². The summed E-state index contributed by atoms with van der Waals surface area (Å²) in [6.45, 7) is 2.83. The van der Waals surface area contributed by atoms with E-state index in [4.69, 9.17) is 21.6 Å². The number of halogens is 1. The van der Waals surface area contributed by atoms with Crippen molar-refractivity contribution in [3.8, 4) is 6.07 Å². The Morgan fingerprint density at radius 3 is 2.55 bits per heavy atom. The molecule has 1 aromatic carbocycles. The molecule has 0 radical (unpaired) electrons. The van der Waals surface area contributed by atoms with Gasteiger partial charge in [0.25, 0.3) is 5.69 Å². The van der Waals surface area contributed by atoms with Crippen LogP contribution in [0.25, 0.3) is 5.76 Å². The number of rotatable bonds is 5. The average molecular weight is 325 g/mol. The van der Waals surface area contributed by atoms with Crippen LogP contribution in [0.1, 0.15) is 19.4 Å². The number of nitro benzene ring substituents is 1. The van der Waals surface area contributed by atoms with Gasteiger partial charge in [0.05, 0.1) is 10.5 Å². The highest BCUT2D eigenvalue weighted by molar-refractivity contribution is 6.30. The maximum atomic E-state index is 12.2. The lowest BCUT2D eigenvalue weighted by Gasteiger charge is -2.20. The second-order valence-electron chi connectivity index (χ2n) is 4.80. The number of nitro groups is 1. The molecule has 22 heavy (non-hydrogen) atoms. The SMILES string of the molecule is COC(C)(C)C(=O)/C(C#N)=C(\O)c1ccc(Cl)cc1[N+](=O)[O-]. The Balaban J connectivity index is 3.57. The summed E-state index contributed by atoms with van der Waals surface area (Å²) in [4.78, 5) is 22.5. The summed E-state index contributed by atoms with van der Waals surface area (Å²) in [6.07, 6.45) is 0. The van der Waals surface area contributed by atoms with E-state index in [-0.39, 0.29) is 10.6 Å². The lowest BCUT2D eigenvalue weighted by molar-refractivity contribution is -0.385. The molecule has 0 amide bonds. The number of ether oxygens (including phenoxy) is 1. The number of carbonyl (C=O) groups is 1. The number of ketones is 1. The predicted molar refractivity (Wildman–Crippen MR) is 79.4 cm³/mol. The monoisotopic (exact) mass is 324 g/mol. The minimum absolute atomic E-state index is 0.0882. The van der Waals surface area contributed by atoms with E-state index in [2.05, 4.69) is 0 Å². The molecule has 1 N–H and O–H groups in total. The van der Waals surface area contributed by atoms with E-state index in [9.17, 15) is 20.0 Å². The second kappa shape index (κ2) is 6.56. The molecule has 0 atom stereocenters. The van der Waals surface area contributed by atoms with Gasteiger partial charge in [-0.1, -0.05) is 11.6 Å². The van der Waals surface area contributed by atoms with Crippen molar-refractivity contribution in [2.75, 3.05) is 7.11 Å². The van der Waals surface area contributed by atoms with Crippen LogP contribution in [-0.4, -0.2) is 28.5 Å². The van der Waals surface area contributed by atoms with Crippen molar-refractivity contribution in [1.29, 1.82) is 5.26 Å². The zero-order chi connectivity index (χ0) is 17.1. The lowest BCUT2D eigenvalue weighted by Crippen LogP contribution is -2.35. The number of nitriles is 1. The van der Waals surface area contributed by atoms with Gasteiger partial charge in [0, 0.05) is 18.2 Å². The summed E-state index contributed by atoms with van der Waals surface area (Å²) in [5, 5.41) is 30.4. The number of carbonyl (C=O) groups excluding carboxylic acids is 1. The number of nitrogens with zero attached hydrogens (tertiary/aromatic N) is 2. The highest BCUT2D eigenvalue weighted by Gasteiger charge is 2.34. The number of aliphatic hydroxyl groups is 1. The first-order valence-corrected chi connectivity index (χ1v) is 6.41. The first kappa shape index (κ1) is 17.6. The number of Topliss-reactive ketones (excluding diaryl/α,β-unsaturated/α-hetero) is 1. The topological polar surface area (TPSA) is 113 Å². The zero-order valence-electron chi connectivity index (χ0n) is 12.1. The van der Waals surface area contributed by atoms with Crippen LogP contribution < -0.4 is 0 Å². The first-order chi connectivity index (χ1) is 10.2. The fourth-order valence-electron chi connectivity index (χ4n) is 1.60. The van der Waals surface area contributed by atoms with Crippen LogP contribution in [-0.2, 0) is 9.53 Å². The Kier molecular flexibility index (Phi) is 5.25. The van der Waals surface area contributed by atoms with Crippen molar-refractivity contribution in [1.82, 2.24) is 0 Å². The maximum absolute atomic E-state index is 12.2. The quantitative estimate of drug-likeness (QED) is 0.293. The molecule has 0 aliphatic rings. The summed E-state index contributed by atoms with van der Waals surface area (Å²) < 4.78 is 4.96. The normalized spacial score (nSPS) is 12.3.